The van der Waals surface area contributed by atoms with E-state index in [1.165, 1.54) is 6.92 Å². The highest BCUT2D eigenvalue weighted by molar-refractivity contribution is 6.76. The van der Waals surface area contributed by atoms with E-state index in [0.29, 0.717) is 18.8 Å². The molecule has 0 bridgehead atoms. The van der Waals surface area contributed by atoms with E-state index < -0.39 is 50.7 Å². The predicted octanol–water partition coefficient (Wildman–Crippen LogP) is 6.03. The topological polar surface area (TPSA) is 89.5 Å². The van der Waals surface area contributed by atoms with Gasteiger partial charge in [-0.1, -0.05) is 98.5 Å². The fourth-order valence-corrected chi connectivity index (χ4v) is 5.41. The third-order valence-electron chi connectivity index (χ3n) is 6.96. The maximum Gasteiger partial charge on any atom is 0.338 e. The molecule has 0 radical (unpaired) electrons. The van der Waals surface area contributed by atoms with Gasteiger partial charge in [-0.05, 0) is 29.3 Å². The van der Waals surface area contributed by atoms with Crippen molar-refractivity contribution >= 4 is 20.0 Å². The van der Waals surface area contributed by atoms with Crippen LogP contribution in [0.1, 0.15) is 28.4 Å². The molecular formula is C34H42O8Si. The summed E-state index contributed by atoms with van der Waals surface area (Å²) in [6.45, 7) is 9.16. The van der Waals surface area contributed by atoms with Crippen LogP contribution in [0.3, 0.4) is 0 Å². The molecule has 230 valence electrons. The molecule has 5 atom stereocenters. The molecule has 8 nitrogen and oxygen atoms in total. The van der Waals surface area contributed by atoms with Gasteiger partial charge in [0.05, 0.1) is 25.4 Å². The predicted molar refractivity (Wildman–Crippen MR) is 165 cm³/mol. The molecule has 1 fully saturated rings. The summed E-state index contributed by atoms with van der Waals surface area (Å²) in [7, 11) is -1.45. The van der Waals surface area contributed by atoms with Gasteiger partial charge in [0.2, 0.25) is 0 Å². The Kier molecular flexibility index (Phi) is 12.1. The fraction of sp³-hybridized carbons (Fsp3) is 0.412. The van der Waals surface area contributed by atoms with E-state index in [-0.39, 0.29) is 13.2 Å². The van der Waals surface area contributed by atoms with Crippen LogP contribution in [-0.4, -0.2) is 63.9 Å². The number of esters is 2. The molecular weight excluding hydrogens is 564 g/mol. The van der Waals surface area contributed by atoms with Crippen molar-refractivity contribution in [1.82, 2.24) is 0 Å². The SMILES string of the molecule is CC(=O)O[C@@H]1[C@H](OCc2ccccc2)[C@@H](OC(=O)c2ccccc2)[C@H](OCC[Si](C)(C)C)O[C@@H]1COCc1ccccc1. The highest BCUT2D eigenvalue weighted by atomic mass is 28.3. The molecule has 1 aliphatic heterocycles. The number of carbonyl (C=O) groups is 2. The van der Waals surface area contributed by atoms with Crippen LogP contribution in [0.4, 0.5) is 0 Å². The minimum absolute atomic E-state index is 0.102. The molecule has 3 aromatic carbocycles. The van der Waals surface area contributed by atoms with Crippen LogP contribution in [0.5, 0.6) is 0 Å². The largest absolute Gasteiger partial charge is 0.457 e. The highest BCUT2D eigenvalue weighted by Gasteiger charge is 2.51. The van der Waals surface area contributed by atoms with E-state index in [0.717, 1.165) is 17.2 Å². The molecule has 1 saturated heterocycles. The van der Waals surface area contributed by atoms with Gasteiger partial charge in [-0.2, -0.15) is 0 Å². The molecule has 0 N–H and O–H groups in total. The van der Waals surface area contributed by atoms with Crippen LogP contribution in [0.2, 0.25) is 25.7 Å². The molecule has 43 heavy (non-hydrogen) atoms. The first-order chi connectivity index (χ1) is 20.7. The normalized spacial score (nSPS) is 22.1. The van der Waals surface area contributed by atoms with Crippen molar-refractivity contribution in [2.45, 2.75) is 76.5 Å². The summed E-state index contributed by atoms with van der Waals surface area (Å²) in [4.78, 5) is 25.7. The molecule has 0 aromatic heterocycles. The van der Waals surface area contributed by atoms with Gasteiger partial charge in [-0.3, -0.25) is 4.79 Å². The van der Waals surface area contributed by atoms with Crippen LogP contribution in [-0.2, 0) is 46.4 Å². The van der Waals surface area contributed by atoms with Gasteiger partial charge in [-0.15, -0.1) is 0 Å². The first kappa shape index (κ1) is 32.6. The lowest BCUT2D eigenvalue weighted by atomic mass is 9.98. The Morgan fingerprint density at radius 1 is 0.721 bits per heavy atom. The number of hydrogen-bond donors (Lipinski definition) is 0. The minimum atomic E-state index is -1.45. The van der Waals surface area contributed by atoms with Crippen molar-refractivity contribution in [3.8, 4) is 0 Å². The van der Waals surface area contributed by atoms with Crippen molar-refractivity contribution in [2.75, 3.05) is 13.2 Å². The molecule has 1 aliphatic rings. The van der Waals surface area contributed by atoms with Gasteiger partial charge in [0.1, 0.15) is 12.2 Å². The maximum absolute atomic E-state index is 13.3. The Balaban J connectivity index is 1.63. The summed E-state index contributed by atoms with van der Waals surface area (Å²) in [6, 6.07) is 29.0. The van der Waals surface area contributed by atoms with Crippen molar-refractivity contribution in [2.24, 2.45) is 0 Å². The minimum Gasteiger partial charge on any atom is -0.457 e. The molecule has 0 unspecified atom stereocenters. The molecule has 0 amide bonds. The molecule has 9 heteroatoms. The number of rotatable bonds is 14. The molecule has 0 saturated carbocycles. The van der Waals surface area contributed by atoms with Gasteiger partial charge in [-0.25, -0.2) is 4.79 Å². The van der Waals surface area contributed by atoms with Crippen molar-refractivity contribution in [3.63, 3.8) is 0 Å². The summed E-state index contributed by atoms with van der Waals surface area (Å²) in [5, 5.41) is 0. The number of carbonyl (C=O) groups excluding carboxylic acids is 2. The Morgan fingerprint density at radius 3 is 1.88 bits per heavy atom. The van der Waals surface area contributed by atoms with Gasteiger partial charge in [0, 0.05) is 21.6 Å². The Bertz CT molecular complexity index is 1270. The molecule has 4 rings (SSSR count). The number of benzene rings is 3. The van der Waals surface area contributed by atoms with Gasteiger partial charge >= 0.3 is 11.9 Å². The molecule has 0 spiro atoms. The zero-order valence-corrected chi connectivity index (χ0v) is 26.3. The lowest BCUT2D eigenvalue weighted by Gasteiger charge is -2.45. The van der Waals surface area contributed by atoms with Crippen LogP contribution < -0.4 is 0 Å². The quantitative estimate of drug-likeness (QED) is 0.163. The zero-order valence-electron chi connectivity index (χ0n) is 25.3. The Labute approximate surface area is 255 Å². The summed E-state index contributed by atoms with van der Waals surface area (Å²) in [5.41, 5.74) is 2.29. The lowest BCUT2D eigenvalue weighted by Crippen LogP contribution is -2.62. The second kappa shape index (κ2) is 15.9. The molecule has 1 heterocycles. The van der Waals surface area contributed by atoms with E-state index in [9.17, 15) is 9.59 Å². The van der Waals surface area contributed by atoms with Crippen molar-refractivity contribution < 1.29 is 38.0 Å². The second-order valence-corrected chi connectivity index (χ2v) is 17.4. The van der Waals surface area contributed by atoms with Crippen LogP contribution in [0.25, 0.3) is 0 Å². The molecule has 3 aromatic rings. The van der Waals surface area contributed by atoms with E-state index in [1.807, 2.05) is 66.7 Å². The lowest BCUT2D eigenvalue weighted by molar-refractivity contribution is -0.311. The maximum atomic E-state index is 13.3. The third kappa shape index (κ3) is 10.4. The van der Waals surface area contributed by atoms with Crippen LogP contribution in [0.15, 0.2) is 91.0 Å². The van der Waals surface area contributed by atoms with Crippen molar-refractivity contribution in [1.29, 1.82) is 0 Å². The monoisotopic (exact) mass is 606 g/mol. The van der Waals surface area contributed by atoms with Crippen LogP contribution >= 0.6 is 0 Å². The first-order valence-corrected chi connectivity index (χ1v) is 18.4. The highest BCUT2D eigenvalue weighted by Crippen LogP contribution is 2.31. The van der Waals surface area contributed by atoms with E-state index >= 15 is 0 Å². The average Bonchev–Trinajstić information content (AvgIpc) is 2.99. The number of hydrogen-bond acceptors (Lipinski definition) is 8. The van der Waals surface area contributed by atoms with E-state index in [1.54, 1.807) is 24.3 Å². The smallest absolute Gasteiger partial charge is 0.338 e. The summed E-state index contributed by atoms with van der Waals surface area (Å²) >= 11 is 0. The van der Waals surface area contributed by atoms with Gasteiger partial charge in [0.25, 0.3) is 0 Å². The average molecular weight is 607 g/mol. The summed E-state index contributed by atoms with van der Waals surface area (Å²) < 4.78 is 37.1. The standard InChI is InChI=1S/C34H42O8Si/c1-25(35)40-30-29(24-37-22-26-14-8-5-9-15-26)41-34(38-20-21-43(2,3)4)32(42-33(36)28-18-12-7-13-19-28)31(30)39-23-27-16-10-6-11-17-27/h5-19,29-32,34H,20-24H2,1-4H3/t29-,30+,31+,32-,34-/m1/s1. The van der Waals surface area contributed by atoms with E-state index in [2.05, 4.69) is 19.6 Å². The van der Waals surface area contributed by atoms with Gasteiger partial charge in [0.15, 0.2) is 18.5 Å². The second-order valence-electron chi connectivity index (χ2n) is 11.8. The number of ether oxygens (including phenoxy) is 6. The summed E-state index contributed by atoms with van der Waals surface area (Å²) in [6.07, 6.45) is -4.55. The third-order valence-corrected chi connectivity index (χ3v) is 8.66. The fourth-order valence-electron chi connectivity index (χ4n) is 4.68. The molecule has 0 aliphatic carbocycles. The Morgan fingerprint density at radius 2 is 1.30 bits per heavy atom. The van der Waals surface area contributed by atoms with Crippen LogP contribution in [0, 0.1) is 0 Å². The zero-order chi connectivity index (χ0) is 30.7. The van der Waals surface area contributed by atoms with E-state index in [4.69, 9.17) is 28.4 Å². The summed E-state index contributed by atoms with van der Waals surface area (Å²) in [5.74, 6) is -1.07. The van der Waals surface area contributed by atoms with Gasteiger partial charge < -0.3 is 28.4 Å². The Hall–Kier alpha value is -3.34. The van der Waals surface area contributed by atoms with Crippen molar-refractivity contribution in [3.05, 3.63) is 108 Å². The first-order valence-electron chi connectivity index (χ1n) is 14.7.